The molecular weight excluding hydrogens is 536 g/mol. The summed E-state index contributed by atoms with van der Waals surface area (Å²) in [5, 5.41) is 17.4. The van der Waals surface area contributed by atoms with Gasteiger partial charge in [-0.15, -0.1) is 11.3 Å². The third kappa shape index (κ3) is 9.74. The van der Waals surface area contributed by atoms with Gasteiger partial charge in [0.15, 0.2) is 0 Å². The Morgan fingerprint density at radius 2 is 1.59 bits per heavy atom. The molecule has 3 fully saturated rings. The van der Waals surface area contributed by atoms with E-state index in [4.69, 9.17) is 24.5 Å². The number of carbonyl (C=O) groups is 3. The van der Waals surface area contributed by atoms with E-state index >= 15 is 0 Å². The van der Waals surface area contributed by atoms with Gasteiger partial charge in [-0.1, -0.05) is 0 Å². The molecule has 1 amide bonds. The highest BCUT2D eigenvalue weighted by Crippen LogP contribution is 2.34. The molecule has 210 valence electrons. The fourth-order valence-electron chi connectivity index (χ4n) is 4.29. The molecule has 0 aliphatic carbocycles. The number of alkyl halides is 6. The van der Waals surface area contributed by atoms with Crippen molar-refractivity contribution in [2.75, 3.05) is 39.4 Å². The largest absolute Gasteiger partial charge is 0.490 e. The van der Waals surface area contributed by atoms with Gasteiger partial charge in [0.1, 0.15) is 0 Å². The summed E-state index contributed by atoms with van der Waals surface area (Å²) in [5.74, 6) is -3.68. The average molecular weight is 564 g/mol. The molecule has 0 unspecified atom stereocenters. The summed E-state index contributed by atoms with van der Waals surface area (Å²) in [7, 11) is 0. The minimum atomic E-state index is -5.08. The number of aryl methyl sites for hydroxylation is 1. The number of aromatic nitrogens is 1. The molecule has 2 N–H and O–H groups in total. The number of hydrogen-bond donors (Lipinski definition) is 2. The van der Waals surface area contributed by atoms with Crippen LogP contribution in [-0.4, -0.2) is 94.6 Å². The molecule has 3 aliphatic heterocycles. The predicted molar refractivity (Wildman–Crippen MR) is 117 cm³/mol. The lowest BCUT2D eigenvalue weighted by atomic mass is 10.00. The van der Waals surface area contributed by atoms with Crippen LogP contribution >= 0.6 is 11.3 Å². The Hall–Kier alpha value is -2.46. The fraction of sp³-hybridized carbons (Fsp3) is 0.714. The lowest BCUT2D eigenvalue weighted by Gasteiger charge is -2.28. The van der Waals surface area contributed by atoms with Gasteiger partial charge in [-0.25, -0.2) is 14.6 Å². The first-order valence-electron chi connectivity index (χ1n) is 11.2. The third-order valence-corrected chi connectivity index (χ3v) is 6.78. The quantitative estimate of drug-likeness (QED) is 0.537. The number of fused-ring (bicyclic) bond motifs is 1. The number of likely N-dealkylation sites (tertiary alicyclic amines) is 2. The van der Waals surface area contributed by atoms with Crippen molar-refractivity contribution in [3.63, 3.8) is 0 Å². The van der Waals surface area contributed by atoms with E-state index in [1.807, 2.05) is 11.8 Å². The molecule has 0 spiro atoms. The molecule has 0 radical (unpaired) electrons. The van der Waals surface area contributed by atoms with Crippen LogP contribution < -0.4 is 0 Å². The molecule has 0 saturated carbocycles. The summed E-state index contributed by atoms with van der Waals surface area (Å²) in [6, 6.07) is 0. The van der Waals surface area contributed by atoms with E-state index in [1.165, 1.54) is 12.8 Å². The minimum Gasteiger partial charge on any atom is -0.475 e. The second-order valence-corrected chi connectivity index (χ2v) is 9.89. The number of ether oxygens (including phenoxy) is 1. The second-order valence-electron chi connectivity index (χ2n) is 8.82. The van der Waals surface area contributed by atoms with E-state index in [9.17, 15) is 31.1 Å². The maximum atomic E-state index is 12.7. The van der Waals surface area contributed by atoms with Crippen LogP contribution in [0, 0.1) is 24.7 Å². The first-order valence-corrected chi connectivity index (χ1v) is 12.1. The zero-order chi connectivity index (χ0) is 28.0. The topological polar surface area (TPSA) is 120 Å². The Kier molecular flexibility index (Phi) is 10.7. The van der Waals surface area contributed by atoms with E-state index < -0.39 is 24.3 Å². The lowest BCUT2D eigenvalue weighted by Crippen LogP contribution is -2.35. The van der Waals surface area contributed by atoms with E-state index in [1.54, 1.807) is 11.3 Å². The van der Waals surface area contributed by atoms with Gasteiger partial charge in [-0.2, -0.15) is 26.3 Å². The maximum absolute atomic E-state index is 12.7. The Labute approximate surface area is 212 Å². The number of hydrogen-bond acceptors (Lipinski definition) is 7. The smallest absolute Gasteiger partial charge is 0.475 e. The van der Waals surface area contributed by atoms with Gasteiger partial charge in [0.2, 0.25) is 5.91 Å². The zero-order valence-electron chi connectivity index (χ0n) is 19.7. The van der Waals surface area contributed by atoms with Crippen molar-refractivity contribution < 1.29 is 55.7 Å². The monoisotopic (exact) mass is 563 g/mol. The summed E-state index contributed by atoms with van der Waals surface area (Å²) in [5.41, 5.74) is 1.04. The van der Waals surface area contributed by atoms with Crippen molar-refractivity contribution in [1.29, 1.82) is 0 Å². The van der Waals surface area contributed by atoms with Crippen LogP contribution in [0.1, 0.15) is 23.5 Å². The van der Waals surface area contributed by atoms with Gasteiger partial charge in [0.05, 0.1) is 23.2 Å². The third-order valence-electron chi connectivity index (χ3n) is 5.96. The van der Waals surface area contributed by atoms with Gasteiger partial charge >= 0.3 is 24.3 Å². The molecule has 1 aromatic rings. The normalized spacial score (nSPS) is 22.6. The number of carboxylic acids is 2. The maximum Gasteiger partial charge on any atom is 0.490 e. The molecule has 0 aromatic carbocycles. The number of thiazole rings is 1. The second kappa shape index (κ2) is 12.9. The molecule has 4 heterocycles. The van der Waals surface area contributed by atoms with Crippen LogP contribution in [0.4, 0.5) is 26.3 Å². The molecule has 16 heteroatoms. The van der Waals surface area contributed by atoms with Gasteiger partial charge in [-0.05, 0) is 25.7 Å². The number of aliphatic carboxylic acids is 2. The van der Waals surface area contributed by atoms with Crippen molar-refractivity contribution in [3.05, 3.63) is 16.1 Å². The summed E-state index contributed by atoms with van der Waals surface area (Å²) in [4.78, 5) is 39.5. The minimum absolute atomic E-state index is 0.217. The summed E-state index contributed by atoms with van der Waals surface area (Å²) >= 11 is 1.66. The van der Waals surface area contributed by atoms with Gasteiger partial charge in [-0.3, -0.25) is 4.79 Å². The highest BCUT2D eigenvalue weighted by molar-refractivity contribution is 7.09. The molecule has 37 heavy (non-hydrogen) atoms. The van der Waals surface area contributed by atoms with Crippen molar-refractivity contribution >= 4 is 29.2 Å². The van der Waals surface area contributed by atoms with Crippen molar-refractivity contribution in [2.24, 2.45) is 17.8 Å². The van der Waals surface area contributed by atoms with Crippen molar-refractivity contribution in [2.45, 2.75) is 38.7 Å². The van der Waals surface area contributed by atoms with E-state index in [2.05, 4.69) is 15.3 Å². The Morgan fingerprint density at radius 1 is 1.05 bits per heavy atom. The SMILES string of the molecule is Cc1nc(CN2C[C@@H]3CN(CC4CCOCC4)C[C@@H]3C2=O)cs1.O=C(O)C(F)(F)F.O=C(O)C(F)(F)F. The molecule has 2 atom stereocenters. The zero-order valence-corrected chi connectivity index (χ0v) is 20.5. The lowest BCUT2D eigenvalue weighted by molar-refractivity contribution is -0.193. The van der Waals surface area contributed by atoms with Crippen molar-refractivity contribution in [3.8, 4) is 0 Å². The summed E-state index contributed by atoms with van der Waals surface area (Å²) < 4.78 is 68.9. The first kappa shape index (κ1) is 30.8. The first-order chi connectivity index (χ1) is 17.1. The van der Waals surface area contributed by atoms with E-state index in [-0.39, 0.29) is 5.92 Å². The number of rotatable bonds is 4. The highest BCUT2D eigenvalue weighted by Gasteiger charge is 2.46. The van der Waals surface area contributed by atoms with Crippen LogP contribution in [0.5, 0.6) is 0 Å². The molecule has 4 rings (SSSR count). The number of halogens is 6. The fourth-order valence-corrected chi connectivity index (χ4v) is 4.90. The summed E-state index contributed by atoms with van der Waals surface area (Å²) in [6.45, 7) is 8.61. The van der Waals surface area contributed by atoms with Gasteiger partial charge in [0.25, 0.3) is 0 Å². The molecule has 9 nitrogen and oxygen atoms in total. The van der Waals surface area contributed by atoms with Crippen LogP contribution in [-0.2, 0) is 25.7 Å². The molecule has 1 aromatic heterocycles. The van der Waals surface area contributed by atoms with Gasteiger partial charge < -0.3 is 24.7 Å². The number of nitrogens with zero attached hydrogens (tertiary/aromatic N) is 3. The van der Waals surface area contributed by atoms with Crippen LogP contribution in [0.2, 0.25) is 0 Å². The van der Waals surface area contributed by atoms with E-state index in [0.717, 1.165) is 56.0 Å². The Balaban J connectivity index is 0.000000286. The predicted octanol–water partition coefficient (Wildman–Crippen LogP) is 3.03. The molecule has 0 bridgehead atoms. The molecular formula is C21H27F6N3O6S. The highest BCUT2D eigenvalue weighted by atomic mass is 32.1. The average Bonchev–Trinajstić information content (AvgIpc) is 3.45. The Bertz CT molecular complexity index is 911. The number of carboxylic acid groups (broad SMARTS) is 2. The van der Waals surface area contributed by atoms with Crippen LogP contribution in [0.25, 0.3) is 0 Å². The Morgan fingerprint density at radius 3 is 2.03 bits per heavy atom. The molecule has 3 saturated heterocycles. The van der Waals surface area contributed by atoms with E-state index in [0.29, 0.717) is 18.4 Å². The summed E-state index contributed by atoms with van der Waals surface area (Å²) in [6.07, 6.45) is -7.82. The van der Waals surface area contributed by atoms with Gasteiger partial charge in [0, 0.05) is 50.7 Å². The standard InChI is InChI=1S/C17H25N3O2S.2C2HF3O2/c1-12-18-15(11-23-12)9-20-8-14-7-19(10-16(14)17(20)21)6-13-2-4-22-5-3-13;2*3-2(4,5)1(6)7/h11,13-14,16H,2-10H2,1H3;2*(H,6,7)/t14-,16-;;/m0../s1. The number of carbonyl (C=O) groups excluding carboxylic acids is 1. The van der Waals surface area contributed by atoms with Crippen molar-refractivity contribution in [1.82, 2.24) is 14.8 Å². The van der Waals surface area contributed by atoms with Crippen LogP contribution in [0.3, 0.4) is 0 Å². The van der Waals surface area contributed by atoms with Crippen LogP contribution in [0.15, 0.2) is 5.38 Å². The number of amides is 1. The molecule has 3 aliphatic rings.